The second-order valence-corrected chi connectivity index (χ2v) is 8.14. The highest BCUT2D eigenvalue weighted by atomic mass is 32.2. The van der Waals surface area contributed by atoms with Crippen LogP contribution in [-0.2, 0) is 21.0 Å². The molecule has 0 aliphatic carbocycles. The van der Waals surface area contributed by atoms with E-state index in [9.17, 15) is 31.5 Å². The molecule has 0 radical (unpaired) electrons. The number of primary sulfonamides is 1. The van der Waals surface area contributed by atoms with E-state index in [1.165, 1.54) is 43.6 Å². The van der Waals surface area contributed by atoms with Crippen LogP contribution in [0.1, 0.15) is 25.1 Å². The Morgan fingerprint density at radius 2 is 1.71 bits per heavy atom. The molecule has 0 aliphatic heterocycles. The van der Waals surface area contributed by atoms with E-state index >= 15 is 0 Å². The number of carbonyl (C=O) groups is 1. The van der Waals surface area contributed by atoms with Crippen molar-refractivity contribution in [3.63, 3.8) is 0 Å². The van der Waals surface area contributed by atoms with Crippen LogP contribution in [0.25, 0.3) is 22.4 Å². The van der Waals surface area contributed by atoms with Crippen LogP contribution in [0.4, 0.5) is 13.2 Å². The number of aliphatic carboxylic acids is 1. The van der Waals surface area contributed by atoms with Crippen molar-refractivity contribution in [2.45, 2.75) is 30.5 Å². The van der Waals surface area contributed by atoms with Crippen molar-refractivity contribution in [3.8, 4) is 22.4 Å². The molecule has 164 valence electrons. The van der Waals surface area contributed by atoms with Gasteiger partial charge in [0.2, 0.25) is 10.0 Å². The Kier molecular flexibility index (Phi) is 5.87. The largest absolute Gasteiger partial charge is 0.480 e. The number of hydrogen-bond donors (Lipinski definition) is 2. The maximum Gasteiger partial charge on any atom is 0.433 e. The minimum atomic E-state index is -4.92. The quantitative estimate of drug-likeness (QED) is 0.588. The number of carboxylic acids is 1. The third-order valence-electron chi connectivity index (χ3n) is 4.57. The molecule has 12 heteroatoms. The van der Waals surface area contributed by atoms with Crippen LogP contribution in [0.5, 0.6) is 0 Å². The highest BCUT2D eigenvalue weighted by Crippen LogP contribution is 2.44. The van der Waals surface area contributed by atoms with Gasteiger partial charge in [0.25, 0.3) is 0 Å². The van der Waals surface area contributed by atoms with Gasteiger partial charge < -0.3 is 5.11 Å². The third-order valence-corrected chi connectivity index (χ3v) is 5.50. The summed E-state index contributed by atoms with van der Waals surface area (Å²) < 4.78 is 65.9. The second kappa shape index (κ2) is 8.12. The summed E-state index contributed by atoms with van der Waals surface area (Å²) in [5, 5.41) is 18.6. The molecule has 1 unspecified atom stereocenters. The van der Waals surface area contributed by atoms with Crippen LogP contribution < -0.4 is 5.14 Å². The Bertz CT molecular complexity index is 1210. The van der Waals surface area contributed by atoms with Gasteiger partial charge >= 0.3 is 12.1 Å². The molecule has 0 aliphatic rings. The molecule has 0 amide bonds. The van der Waals surface area contributed by atoms with Gasteiger partial charge in [-0.15, -0.1) is 0 Å². The van der Waals surface area contributed by atoms with E-state index in [0.717, 1.165) is 12.1 Å². The molecule has 8 nitrogen and oxygen atoms in total. The van der Waals surface area contributed by atoms with Gasteiger partial charge in [0.15, 0.2) is 5.69 Å². The van der Waals surface area contributed by atoms with Gasteiger partial charge in [-0.1, -0.05) is 19.1 Å². The number of sulfonamides is 1. The van der Waals surface area contributed by atoms with E-state index in [2.05, 4.69) is 10.1 Å². The first-order chi connectivity index (χ1) is 14.4. The fourth-order valence-corrected chi connectivity index (χ4v) is 3.70. The van der Waals surface area contributed by atoms with Crippen molar-refractivity contribution in [1.29, 1.82) is 0 Å². The predicted molar refractivity (Wildman–Crippen MR) is 104 cm³/mol. The minimum Gasteiger partial charge on any atom is -0.480 e. The standard InChI is InChI=1S/C19H17F3N4O4S/c1-2-14(18(27)28)26-17(19(20,21)22)15(11-7-9-24-10-8-11)16(25-26)12-3-5-13(6-4-12)31(23,29)30/h3-10,14H,2H2,1H3,(H,27,28)(H2,23,29,30). The van der Waals surface area contributed by atoms with Crippen molar-refractivity contribution < 1.29 is 31.5 Å². The van der Waals surface area contributed by atoms with Gasteiger partial charge in [-0.25, -0.2) is 23.0 Å². The summed E-state index contributed by atoms with van der Waals surface area (Å²) in [6.07, 6.45) is -2.46. The number of alkyl halides is 3. The lowest BCUT2D eigenvalue weighted by atomic mass is 9.99. The van der Waals surface area contributed by atoms with E-state index in [1.807, 2.05) is 0 Å². The Hall–Kier alpha value is -3.25. The smallest absolute Gasteiger partial charge is 0.433 e. The molecule has 1 atom stereocenters. The van der Waals surface area contributed by atoms with Gasteiger partial charge in [-0.2, -0.15) is 18.3 Å². The van der Waals surface area contributed by atoms with E-state index < -0.39 is 33.9 Å². The SMILES string of the molecule is CCC(C(=O)O)n1nc(-c2ccc(S(N)(=O)=O)cc2)c(-c2ccncc2)c1C(F)(F)F. The Balaban J connectivity index is 2.38. The normalized spacial score (nSPS) is 13.2. The van der Waals surface area contributed by atoms with Gasteiger partial charge in [0.1, 0.15) is 11.7 Å². The van der Waals surface area contributed by atoms with Crippen LogP contribution in [-0.4, -0.2) is 34.3 Å². The highest BCUT2D eigenvalue weighted by molar-refractivity contribution is 7.89. The van der Waals surface area contributed by atoms with E-state index in [-0.39, 0.29) is 33.7 Å². The number of aromatic nitrogens is 3. The van der Waals surface area contributed by atoms with E-state index in [4.69, 9.17) is 5.14 Å². The number of nitrogens with zero attached hydrogens (tertiary/aromatic N) is 3. The summed E-state index contributed by atoms with van der Waals surface area (Å²) in [5.74, 6) is -1.46. The molecular weight excluding hydrogens is 437 g/mol. The van der Waals surface area contributed by atoms with Gasteiger partial charge in [-0.05, 0) is 36.2 Å². The highest BCUT2D eigenvalue weighted by Gasteiger charge is 2.43. The Labute approximate surface area is 175 Å². The Morgan fingerprint density at radius 1 is 1.13 bits per heavy atom. The number of pyridine rings is 1. The van der Waals surface area contributed by atoms with E-state index in [0.29, 0.717) is 4.68 Å². The fourth-order valence-electron chi connectivity index (χ4n) is 3.18. The second-order valence-electron chi connectivity index (χ2n) is 6.58. The Morgan fingerprint density at radius 3 is 2.16 bits per heavy atom. The first-order valence-electron chi connectivity index (χ1n) is 8.91. The van der Waals surface area contributed by atoms with Crippen molar-refractivity contribution in [2.24, 2.45) is 5.14 Å². The monoisotopic (exact) mass is 454 g/mol. The van der Waals surface area contributed by atoms with E-state index in [1.54, 1.807) is 0 Å². The first-order valence-corrected chi connectivity index (χ1v) is 10.5. The van der Waals surface area contributed by atoms with Crippen molar-refractivity contribution in [1.82, 2.24) is 14.8 Å². The number of rotatable bonds is 6. The molecule has 0 spiro atoms. The van der Waals surface area contributed by atoms with Crippen LogP contribution in [0.15, 0.2) is 53.7 Å². The topological polar surface area (TPSA) is 128 Å². The van der Waals surface area contributed by atoms with Crippen molar-refractivity contribution >= 4 is 16.0 Å². The molecule has 3 aromatic rings. The minimum absolute atomic E-state index is 0.124. The predicted octanol–water partition coefficient (Wildman–Crippen LogP) is 3.31. The summed E-state index contributed by atoms with van der Waals surface area (Å²) in [6, 6.07) is 5.94. The van der Waals surface area contributed by atoms with Crippen molar-refractivity contribution in [2.75, 3.05) is 0 Å². The average molecular weight is 454 g/mol. The molecule has 0 saturated heterocycles. The molecule has 31 heavy (non-hydrogen) atoms. The molecule has 0 saturated carbocycles. The number of carboxylic acid groups (broad SMARTS) is 1. The molecular formula is C19H17F3N4O4S. The maximum atomic E-state index is 14.1. The van der Waals surface area contributed by atoms with Crippen LogP contribution >= 0.6 is 0 Å². The third kappa shape index (κ3) is 4.44. The van der Waals surface area contributed by atoms with Gasteiger partial charge in [0.05, 0.1) is 4.90 Å². The average Bonchev–Trinajstić information content (AvgIpc) is 3.09. The molecule has 2 heterocycles. The number of nitrogens with two attached hydrogens (primary N) is 1. The molecule has 0 bridgehead atoms. The molecule has 3 N–H and O–H groups in total. The molecule has 2 aromatic heterocycles. The number of hydrogen-bond acceptors (Lipinski definition) is 5. The summed E-state index contributed by atoms with van der Waals surface area (Å²) in [4.78, 5) is 15.2. The van der Waals surface area contributed by atoms with Gasteiger partial charge in [-0.3, -0.25) is 4.98 Å². The fraction of sp³-hybridized carbons (Fsp3) is 0.211. The number of halogens is 3. The van der Waals surface area contributed by atoms with Crippen LogP contribution in [0, 0.1) is 0 Å². The van der Waals surface area contributed by atoms with Gasteiger partial charge in [0, 0.05) is 23.5 Å². The molecule has 0 fully saturated rings. The number of benzene rings is 1. The zero-order valence-corrected chi connectivity index (χ0v) is 16.9. The molecule has 3 rings (SSSR count). The zero-order valence-electron chi connectivity index (χ0n) is 16.0. The molecule has 1 aromatic carbocycles. The van der Waals surface area contributed by atoms with Crippen LogP contribution in [0.2, 0.25) is 0 Å². The van der Waals surface area contributed by atoms with Crippen molar-refractivity contribution in [3.05, 3.63) is 54.5 Å². The lowest BCUT2D eigenvalue weighted by Gasteiger charge is -2.17. The summed E-state index contributed by atoms with van der Waals surface area (Å²) in [6.45, 7) is 1.44. The summed E-state index contributed by atoms with van der Waals surface area (Å²) in [7, 11) is -4.01. The zero-order chi connectivity index (χ0) is 23.0. The van der Waals surface area contributed by atoms with Crippen LogP contribution in [0.3, 0.4) is 0 Å². The summed E-state index contributed by atoms with van der Waals surface area (Å²) >= 11 is 0. The summed E-state index contributed by atoms with van der Waals surface area (Å²) in [5.41, 5.74) is -1.43. The lowest BCUT2D eigenvalue weighted by molar-refractivity contribution is -0.149. The lowest BCUT2D eigenvalue weighted by Crippen LogP contribution is -2.25. The first kappa shape index (κ1) is 22.4. The maximum absolute atomic E-state index is 14.1.